The van der Waals surface area contributed by atoms with E-state index in [1.165, 1.54) is 5.56 Å². The Kier molecular flexibility index (Phi) is 5.52. The van der Waals surface area contributed by atoms with E-state index in [1.807, 2.05) is 35.2 Å². The van der Waals surface area contributed by atoms with Gasteiger partial charge in [-0.2, -0.15) is 0 Å². The zero-order valence-electron chi connectivity index (χ0n) is 14.3. The van der Waals surface area contributed by atoms with Gasteiger partial charge in [-0.3, -0.25) is 4.79 Å². The van der Waals surface area contributed by atoms with Gasteiger partial charge in [-0.05, 0) is 42.4 Å². The second kappa shape index (κ2) is 8.00. The van der Waals surface area contributed by atoms with Crippen molar-refractivity contribution in [2.45, 2.75) is 32.1 Å². The molecule has 1 aliphatic rings. The largest absolute Gasteiger partial charge is 0.483 e. The zero-order valence-corrected chi connectivity index (χ0v) is 14.3. The molecule has 0 N–H and O–H groups in total. The van der Waals surface area contributed by atoms with Gasteiger partial charge in [0.15, 0.2) is 6.61 Å². The molecule has 3 nitrogen and oxygen atoms in total. The highest BCUT2D eigenvalue weighted by molar-refractivity contribution is 5.78. The minimum atomic E-state index is 0.0902. The third-order valence-electron chi connectivity index (χ3n) is 4.82. The molecule has 1 amide bonds. The first-order valence-corrected chi connectivity index (χ1v) is 8.81. The highest BCUT2D eigenvalue weighted by atomic mass is 16.5. The predicted octanol–water partition coefficient (Wildman–Crippen LogP) is 4.03. The van der Waals surface area contributed by atoms with Crippen LogP contribution in [0.25, 0.3) is 0 Å². The molecule has 2 aromatic carbocycles. The number of carbonyl (C=O) groups excluding carboxylic acids is 1. The molecule has 0 aromatic heterocycles. The van der Waals surface area contributed by atoms with Crippen LogP contribution in [0.5, 0.6) is 5.75 Å². The summed E-state index contributed by atoms with van der Waals surface area (Å²) in [5, 5.41) is 0. The average molecular weight is 323 g/mol. The summed E-state index contributed by atoms with van der Waals surface area (Å²) in [6, 6.07) is 18.5. The normalized spacial score (nSPS) is 15.3. The molecule has 2 aromatic rings. The predicted molar refractivity (Wildman–Crippen MR) is 96.3 cm³/mol. The van der Waals surface area contributed by atoms with Crippen molar-refractivity contribution in [3.05, 3.63) is 65.7 Å². The molecule has 3 rings (SSSR count). The van der Waals surface area contributed by atoms with Crippen LogP contribution in [0.2, 0.25) is 0 Å². The summed E-state index contributed by atoms with van der Waals surface area (Å²) in [7, 11) is 0. The van der Waals surface area contributed by atoms with E-state index in [0.717, 1.165) is 43.7 Å². The fraction of sp³-hybridized carbons (Fsp3) is 0.381. The Labute approximate surface area is 144 Å². The van der Waals surface area contributed by atoms with Crippen LogP contribution in [0.3, 0.4) is 0 Å². The Morgan fingerprint density at radius 1 is 1.04 bits per heavy atom. The number of carbonyl (C=O) groups is 1. The van der Waals surface area contributed by atoms with Crippen molar-refractivity contribution < 1.29 is 9.53 Å². The van der Waals surface area contributed by atoms with Crippen LogP contribution < -0.4 is 4.74 Å². The highest BCUT2D eigenvalue weighted by Crippen LogP contribution is 2.27. The van der Waals surface area contributed by atoms with Crippen LogP contribution in [0, 0.1) is 0 Å². The van der Waals surface area contributed by atoms with Crippen molar-refractivity contribution in [1.82, 2.24) is 4.90 Å². The second-order valence-corrected chi connectivity index (χ2v) is 6.32. The van der Waals surface area contributed by atoms with Gasteiger partial charge >= 0.3 is 0 Å². The first kappa shape index (κ1) is 16.6. The maximum atomic E-state index is 12.4. The van der Waals surface area contributed by atoms with Gasteiger partial charge in [0.2, 0.25) is 0 Å². The molecule has 1 saturated heterocycles. The van der Waals surface area contributed by atoms with Crippen molar-refractivity contribution in [2.75, 3.05) is 19.7 Å². The SMILES string of the molecule is CCc1ccccc1OCC(=O)N1CCC(c2ccccc2)CC1. The summed E-state index contributed by atoms with van der Waals surface area (Å²) in [5.41, 5.74) is 2.53. The summed E-state index contributed by atoms with van der Waals surface area (Å²) in [4.78, 5) is 14.4. The minimum absolute atomic E-state index is 0.0902. The van der Waals surface area contributed by atoms with E-state index in [9.17, 15) is 4.79 Å². The van der Waals surface area contributed by atoms with Crippen LogP contribution >= 0.6 is 0 Å². The molecule has 0 saturated carbocycles. The molecule has 0 radical (unpaired) electrons. The lowest BCUT2D eigenvalue weighted by Crippen LogP contribution is -2.40. The van der Waals surface area contributed by atoms with Crippen molar-refractivity contribution in [1.29, 1.82) is 0 Å². The Morgan fingerprint density at radius 2 is 1.71 bits per heavy atom. The topological polar surface area (TPSA) is 29.5 Å². The first-order valence-electron chi connectivity index (χ1n) is 8.81. The molecule has 0 bridgehead atoms. The van der Waals surface area contributed by atoms with Gasteiger partial charge in [-0.1, -0.05) is 55.5 Å². The molecule has 3 heteroatoms. The van der Waals surface area contributed by atoms with E-state index in [0.29, 0.717) is 5.92 Å². The number of para-hydroxylation sites is 1. The van der Waals surface area contributed by atoms with Crippen molar-refractivity contribution in [3.63, 3.8) is 0 Å². The molecular weight excluding hydrogens is 298 g/mol. The van der Waals surface area contributed by atoms with Gasteiger partial charge in [0.1, 0.15) is 5.75 Å². The molecule has 1 aliphatic heterocycles. The average Bonchev–Trinajstić information content (AvgIpc) is 2.67. The van der Waals surface area contributed by atoms with Gasteiger partial charge in [-0.25, -0.2) is 0 Å². The number of ether oxygens (including phenoxy) is 1. The Balaban J connectivity index is 1.50. The van der Waals surface area contributed by atoms with Gasteiger partial charge in [0, 0.05) is 13.1 Å². The minimum Gasteiger partial charge on any atom is -0.483 e. The first-order chi connectivity index (χ1) is 11.8. The summed E-state index contributed by atoms with van der Waals surface area (Å²) in [6.45, 7) is 3.86. The number of rotatable bonds is 5. The summed E-state index contributed by atoms with van der Waals surface area (Å²) in [5.74, 6) is 1.48. The maximum absolute atomic E-state index is 12.4. The third-order valence-corrected chi connectivity index (χ3v) is 4.82. The highest BCUT2D eigenvalue weighted by Gasteiger charge is 2.24. The van der Waals surface area contributed by atoms with Crippen LogP contribution in [0.4, 0.5) is 0 Å². The lowest BCUT2D eigenvalue weighted by molar-refractivity contribution is -0.134. The number of amides is 1. The number of aryl methyl sites for hydroxylation is 1. The number of hydrogen-bond acceptors (Lipinski definition) is 2. The molecule has 0 aliphatic carbocycles. The van der Waals surface area contributed by atoms with E-state index >= 15 is 0 Å². The standard InChI is InChI=1S/C21H25NO2/c1-2-17-8-6-7-11-20(17)24-16-21(23)22-14-12-19(13-15-22)18-9-4-3-5-10-18/h3-11,19H,2,12-16H2,1H3. The number of hydrogen-bond donors (Lipinski definition) is 0. The van der Waals surface area contributed by atoms with Crippen LogP contribution in [0.15, 0.2) is 54.6 Å². The van der Waals surface area contributed by atoms with Gasteiger partial charge in [0.25, 0.3) is 5.91 Å². The molecule has 0 atom stereocenters. The fourth-order valence-electron chi connectivity index (χ4n) is 3.35. The van der Waals surface area contributed by atoms with Crippen molar-refractivity contribution in [3.8, 4) is 5.75 Å². The van der Waals surface area contributed by atoms with E-state index in [2.05, 4.69) is 31.2 Å². The van der Waals surface area contributed by atoms with E-state index < -0.39 is 0 Å². The van der Waals surface area contributed by atoms with Crippen LogP contribution in [-0.4, -0.2) is 30.5 Å². The Bertz CT molecular complexity index is 661. The molecular formula is C21H25NO2. The lowest BCUT2D eigenvalue weighted by Gasteiger charge is -2.32. The summed E-state index contributed by atoms with van der Waals surface area (Å²) < 4.78 is 5.76. The van der Waals surface area contributed by atoms with E-state index in [-0.39, 0.29) is 12.5 Å². The number of likely N-dealkylation sites (tertiary alicyclic amines) is 1. The van der Waals surface area contributed by atoms with Gasteiger partial charge in [-0.15, -0.1) is 0 Å². The molecule has 1 fully saturated rings. The maximum Gasteiger partial charge on any atom is 0.260 e. The van der Waals surface area contributed by atoms with Crippen molar-refractivity contribution >= 4 is 5.91 Å². The Hall–Kier alpha value is -2.29. The van der Waals surface area contributed by atoms with E-state index in [4.69, 9.17) is 4.74 Å². The number of nitrogens with zero attached hydrogens (tertiary/aromatic N) is 1. The molecule has 1 heterocycles. The molecule has 24 heavy (non-hydrogen) atoms. The molecule has 126 valence electrons. The number of benzene rings is 2. The Morgan fingerprint density at radius 3 is 2.42 bits per heavy atom. The summed E-state index contributed by atoms with van der Waals surface area (Å²) >= 11 is 0. The quantitative estimate of drug-likeness (QED) is 0.831. The van der Waals surface area contributed by atoms with Gasteiger partial charge < -0.3 is 9.64 Å². The van der Waals surface area contributed by atoms with Crippen LogP contribution in [0.1, 0.15) is 36.8 Å². The van der Waals surface area contributed by atoms with E-state index in [1.54, 1.807) is 0 Å². The number of piperidine rings is 1. The third kappa shape index (κ3) is 3.97. The van der Waals surface area contributed by atoms with Gasteiger partial charge in [0.05, 0.1) is 0 Å². The second-order valence-electron chi connectivity index (χ2n) is 6.32. The lowest BCUT2D eigenvalue weighted by atomic mass is 9.89. The smallest absolute Gasteiger partial charge is 0.260 e. The van der Waals surface area contributed by atoms with Crippen molar-refractivity contribution in [2.24, 2.45) is 0 Å². The monoisotopic (exact) mass is 323 g/mol. The fourth-order valence-corrected chi connectivity index (χ4v) is 3.35. The summed E-state index contributed by atoms with van der Waals surface area (Å²) in [6.07, 6.45) is 2.97. The van der Waals surface area contributed by atoms with Crippen LogP contribution in [-0.2, 0) is 11.2 Å². The zero-order chi connectivity index (χ0) is 16.8. The molecule has 0 unspecified atom stereocenters. The molecule has 0 spiro atoms.